The number of hydrogen-bond donors (Lipinski definition) is 1. The topological polar surface area (TPSA) is 58.6 Å². The van der Waals surface area contributed by atoms with E-state index < -0.39 is 6.04 Å². The number of carbonyl (C=O) groups is 2. The number of amides is 2. The lowest BCUT2D eigenvalue weighted by atomic mass is 10.0. The number of nitrogens with zero attached hydrogens (tertiary/aromatic N) is 1. The van der Waals surface area contributed by atoms with Gasteiger partial charge in [0.15, 0.2) is 0 Å². The summed E-state index contributed by atoms with van der Waals surface area (Å²) in [5.74, 6) is 0.536. The van der Waals surface area contributed by atoms with Gasteiger partial charge in [-0.2, -0.15) is 0 Å². The van der Waals surface area contributed by atoms with Crippen molar-refractivity contribution in [2.24, 2.45) is 5.92 Å². The largest absolute Gasteiger partial charge is 0.495 e. The molecule has 6 heteroatoms. The lowest BCUT2D eigenvalue weighted by molar-refractivity contribution is -0.131. The van der Waals surface area contributed by atoms with Crippen molar-refractivity contribution >= 4 is 29.1 Å². The van der Waals surface area contributed by atoms with Crippen molar-refractivity contribution in [2.45, 2.75) is 26.3 Å². The Kier molecular flexibility index (Phi) is 4.73. The molecule has 0 bridgehead atoms. The second kappa shape index (κ2) is 6.35. The summed E-state index contributed by atoms with van der Waals surface area (Å²) in [7, 11) is 1.51. The molecule has 1 N–H and O–H groups in total. The minimum Gasteiger partial charge on any atom is -0.495 e. The number of benzene rings is 1. The molecule has 0 spiro atoms. The molecule has 114 valence electrons. The van der Waals surface area contributed by atoms with Gasteiger partial charge in [0.25, 0.3) is 0 Å². The van der Waals surface area contributed by atoms with Crippen molar-refractivity contribution in [3.05, 3.63) is 23.2 Å². The Morgan fingerprint density at radius 2 is 2.14 bits per heavy atom. The van der Waals surface area contributed by atoms with Gasteiger partial charge < -0.3 is 15.0 Å². The zero-order valence-electron chi connectivity index (χ0n) is 12.4. The van der Waals surface area contributed by atoms with Crippen LogP contribution in [0.3, 0.4) is 0 Å². The zero-order chi connectivity index (χ0) is 15.6. The quantitative estimate of drug-likeness (QED) is 0.927. The maximum absolute atomic E-state index is 12.5. The normalized spacial score (nSPS) is 18.9. The SMILES string of the molecule is COc1cc(N2CC(=O)NC(CC(C)C)C2=O)ccc1Cl. The fourth-order valence-corrected chi connectivity index (χ4v) is 2.57. The van der Waals surface area contributed by atoms with Crippen LogP contribution in [0.2, 0.25) is 5.02 Å². The zero-order valence-corrected chi connectivity index (χ0v) is 13.1. The fraction of sp³-hybridized carbons (Fsp3) is 0.467. The summed E-state index contributed by atoms with van der Waals surface area (Å²) < 4.78 is 5.16. The van der Waals surface area contributed by atoms with E-state index in [-0.39, 0.29) is 18.4 Å². The van der Waals surface area contributed by atoms with Gasteiger partial charge in [0.2, 0.25) is 11.8 Å². The first-order chi connectivity index (χ1) is 9.92. The van der Waals surface area contributed by atoms with Gasteiger partial charge in [-0.25, -0.2) is 0 Å². The number of halogens is 1. The van der Waals surface area contributed by atoms with Crippen LogP contribution in [-0.2, 0) is 9.59 Å². The van der Waals surface area contributed by atoms with Crippen molar-refractivity contribution in [3.8, 4) is 5.75 Å². The van der Waals surface area contributed by atoms with E-state index in [1.165, 1.54) is 12.0 Å². The van der Waals surface area contributed by atoms with Crippen LogP contribution in [0.1, 0.15) is 20.3 Å². The Bertz CT molecular complexity index is 560. The third-order valence-corrected chi connectivity index (χ3v) is 3.67. The molecule has 1 fully saturated rings. The molecular formula is C15H19ClN2O3. The minimum absolute atomic E-state index is 0.0121. The van der Waals surface area contributed by atoms with Crippen LogP contribution in [0.5, 0.6) is 5.75 Å². The molecule has 1 heterocycles. The van der Waals surface area contributed by atoms with E-state index >= 15 is 0 Å². The van der Waals surface area contributed by atoms with E-state index in [9.17, 15) is 9.59 Å². The number of anilines is 1. The maximum Gasteiger partial charge on any atom is 0.250 e. The van der Waals surface area contributed by atoms with E-state index in [0.717, 1.165) is 0 Å². The number of piperazine rings is 1. The van der Waals surface area contributed by atoms with Gasteiger partial charge in [0, 0.05) is 11.8 Å². The molecule has 0 aromatic heterocycles. The van der Waals surface area contributed by atoms with Crippen LogP contribution in [-0.4, -0.2) is 31.5 Å². The van der Waals surface area contributed by atoms with Crippen LogP contribution < -0.4 is 15.0 Å². The van der Waals surface area contributed by atoms with Crippen molar-refractivity contribution < 1.29 is 14.3 Å². The van der Waals surface area contributed by atoms with Crippen molar-refractivity contribution in [2.75, 3.05) is 18.6 Å². The molecule has 1 saturated heterocycles. The summed E-state index contributed by atoms with van der Waals surface area (Å²) in [5.41, 5.74) is 0.616. The molecule has 2 amide bonds. The summed E-state index contributed by atoms with van der Waals surface area (Å²) >= 11 is 5.99. The molecule has 0 radical (unpaired) electrons. The smallest absolute Gasteiger partial charge is 0.250 e. The van der Waals surface area contributed by atoms with Crippen LogP contribution in [0.15, 0.2) is 18.2 Å². The standard InChI is InChI=1S/C15H19ClN2O3/c1-9(2)6-12-15(20)18(8-14(19)17-12)10-4-5-11(16)13(7-10)21-3/h4-5,7,9,12H,6,8H2,1-3H3,(H,17,19). The first kappa shape index (κ1) is 15.6. The van der Waals surface area contributed by atoms with Crippen molar-refractivity contribution in [3.63, 3.8) is 0 Å². The number of carbonyl (C=O) groups excluding carboxylic acids is 2. The highest BCUT2D eigenvalue weighted by atomic mass is 35.5. The fourth-order valence-electron chi connectivity index (χ4n) is 2.38. The van der Waals surface area contributed by atoms with Gasteiger partial charge in [-0.3, -0.25) is 9.59 Å². The monoisotopic (exact) mass is 310 g/mol. The molecule has 21 heavy (non-hydrogen) atoms. The summed E-state index contributed by atoms with van der Waals surface area (Å²) in [6.07, 6.45) is 0.617. The van der Waals surface area contributed by atoms with Crippen molar-refractivity contribution in [1.82, 2.24) is 5.32 Å². The highest BCUT2D eigenvalue weighted by Crippen LogP contribution is 2.30. The average molecular weight is 311 g/mol. The second-order valence-corrected chi connectivity index (χ2v) is 5.90. The van der Waals surface area contributed by atoms with Gasteiger partial charge in [0.05, 0.1) is 12.1 Å². The van der Waals surface area contributed by atoms with E-state index in [1.807, 2.05) is 13.8 Å². The van der Waals surface area contributed by atoms with Crippen LogP contribution in [0.4, 0.5) is 5.69 Å². The summed E-state index contributed by atoms with van der Waals surface area (Å²) in [5, 5.41) is 3.22. The molecule has 1 aromatic rings. The first-order valence-electron chi connectivity index (χ1n) is 6.86. The Morgan fingerprint density at radius 1 is 1.43 bits per heavy atom. The highest BCUT2D eigenvalue weighted by Gasteiger charge is 2.34. The van der Waals surface area contributed by atoms with Gasteiger partial charge in [-0.05, 0) is 24.5 Å². The van der Waals surface area contributed by atoms with Gasteiger partial charge >= 0.3 is 0 Å². The number of rotatable bonds is 4. The van der Waals surface area contributed by atoms with Crippen LogP contribution >= 0.6 is 11.6 Å². The predicted molar refractivity (Wildman–Crippen MR) is 81.7 cm³/mol. The Balaban J connectivity index is 2.29. The minimum atomic E-state index is -0.479. The maximum atomic E-state index is 12.5. The lowest BCUT2D eigenvalue weighted by Crippen LogP contribution is -2.58. The van der Waals surface area contributed by atoms with Crippen LogP contribution in [0, 0.1) is 5.92 Å². The van der Waals surface area contributed by atoms with E-state index in [0.29, 0.717) is 28.8 Å². The number of methoxy groups -OCH3 is 1. The Labute approximate surface area is 129 Å². The summed E-state index contributed by atoms with van der Waals surface area (Å²) in [6.45, 7) is 4.05. The molecule has 5 nitrogen and oxygen atoms in total. The number of nitrogens with one attached hydrogen (secondary N) is 1. The van der Waals surface area contributed by atoms with Gasteiger partial charge in [-0.15, -0.1) is 0 Å². The summed E-state index contributed by atoms with van der Waals surface area (Å²) in [4.78, 5) is 25.8. The first-order valence-corrected chi connectivity index (χ1v) is 7.24. The molecule has 1 aliphatic rings. The molecule has 2 rings (SSSR count). The molecule has 0 aliphatic carbocycles. The molecule has 1 aromatic carbocycles. The van der Waals surface area contributed by atoms with Gasteiger partial charge in [-0.1, -0.05) is 25.4 Å². The molecule has 1 unspecified atom stereocenters. The molecule has 0 saturated carbocycles. The lowest BCUT2D eigenvalue weighted by Gasteiger charge is -2.33. The number of ether oxygens (including phenoxy) is 1. The Morgan fingerprint density at radius 3 is 2.76 bits per heavy atom. The third kappa shape index (κ3) is 3.47. The predicted octanol–water partition coefficient (Wildman–Crippen LogP) is 2.23. The van der Waals surface area contributed by atoms with Crippen molar-refractivity contribution in [1.29, 1.82) is 0 Å². The Hall–Kier alpha value is -1.75. The highest BCUT2D eigenvalue weighted by molar-refractivity contribution is 6.32. The molecular weight excluding hydrogens is 292 g/mol. The molecule has 1 aliphatic heterocycles. The third-order valence-electron chi connectivity index (χ3n) is 3.35. The summed E-state index contributed by atoms with van der Waals surface area (Å²) in [6, 6.07) is 4.57. The molecule has 1 atom stereocenters. The van der Waals surface area contributed by atoms with Crippen LogP contribution in [0.25, 0.3) is 0 Å². The second-order valence-electron chi connectivity index (χ2n) is 5.49. The van der Waals surface area contributed by atoms with E-state index in [2.05, 4.69) is 5.32 Å². The van der Waals surface area contributed by atoms with Gasteiger partial charge in [0.1, 0.15) is 18.3 Å². The average Bonchev–Trinajstić information content (AvgIpc) is 2.42. The van der Waals surface area contributed by atoms with E-state index in [4.69, 9.17) is 16.3 Å². The van der Waals surface area contributed by atoms with E-state index in [1.54, 1.807) is 18.2 Å². The number of hydrogen-bond acceptors (Lipinski definition) is 3.